The van der Waals surface area contributed by atoms with E-state index in [-0.39, 0.29) is 17.9 Å². The maximum Gasteiger partial charge on any atom is 0.237 e. The molecule has 0 radical (unpaired) electrons. The van der Waals surface area contributed by atoms with E-state index in [1.54, 1.807) is 0 Å². The van der Waals surface area contributed by atoms with E-state index in [4.69, 9.17) is 5.73 Å². The fourth-order valence-corrected chi connectivity index (χ4v) is 2.15. The van der Waals surface area contributed by atoms with E-state index in [1.807, 2.05) is 6.92 Å². The highest BCUT2D eigenvalue weighted by molar-refractivity contribution is 5.82. The molecule has 0 spiro atoms. The van der Waals surface area contributed by atoms with Crippen molar-refractivity contribution < 1.29 is 4.79 Å². The number of hydrogen-bond donors (Lipinski definition) is 2. The molecule has 88 valence electrons. The van der Waals surface area contributed by atoms with Gasteiger partial charge in [-0.2, -0.15) is 0 Å². The first-order chi connectivity index (χ1) is 7.04. The molecule has 15 heavy (non-hydrogen) atoms. The van der Waals surface area contributed by atoms with E-state index >= 15 is 0 Å². The summed E-state index contributed by atoms with van der Waals surface area (Å²) in [5.41, 5.74) is 5.87. The molecular formula is C12H24N2O. The van der Waals surface area contributed by atoms with Crippen molar-refractivity contribution in [1.82, 2.24) is 5.32 Å². The van der Waals surface area contributed by atoms with Crippen molar-refractivity contribution in [2.24, 2.45) is 17.6 Å². The van der Waals surface area contributed by atoms with Crippen molar-refractivity contribution in [1.29, 1.82) is 0 Å². The highest BCUT2D eigenvalue weighted by atomic mass is 16.2. The minimum atomic E-state index is -0.342. The average molecular weight is 212 g/mol. The summed E-state index contributed by atoms with van der Waals surface area (Å²) in [4.78, 5) is 11.8. The molecule has 4 atom stereocenters. The fourth-order valence-electron chi connectivity index (χ4n) is 2.15. The summed E-state index contributed by atoms with van der Waals surface area (Å²) in [5, 5.41) is 3.06. The standard InChI is InChI=1S/C12H24N2O/c1-4-9(3)11(13)12(15)14-10-6-5-8(2)7-10/h8-11H,4-7,13H2,1-3H3,(H,14,15)/t8?,9-,10?,11-/m0/s1. The summed E-state index contributed by atoms with van der Waals surface area (Å²) >= 11 is 0. The van der Waals surface area contributed by atoms with Gasteiger partial charge in [-0.15, -0.1) is 0 Å². The van der Waals surface area contributed by atoms with Gasteiger partial charge in [0.1, 0.15) is 0 Å². The first kappa shape index (κ1) is 12.5. The first-order valence-corrected chi connectivity index (χ1v) is 6.10. The summed E-state index contributed by atoms with van der Waals surface area (Å²) < 4.78 is 0. The Balaban J connectivity index is 2.35. The maximum atomic E-state index is 11.8. The average Bonchev–Trinajstić information content (AvgIpc) is 2.61. The summed E-state index contributed by atoms with van der Waals surface area (Å²) in [7, 11) is 0. The zero-order valence-electron chi connectivity index (χ0n) is 10.1. The number of nitrogens with two attached hydrogens (primary N) is 1. The predicted octanol–water partition coefficient (Wildman–Crippen LogP) is 1.66. The lowest BCUT2D eigenvalue weighted by atomic mass is 9.99. The Labute approximate surface area is 92.8 Å². The first-order valence-electron chi connectivity index (χ1n) is 6.10. The second kappa shape index (κ2) is 5.50. The Morgan fingerprint density at radius 2 is 2.20 bits per heavy atom. The number of rotatable bonds is 4. The Kier molecular flexibility index (Phi) is 4.58. The van der Waals surface area contributed by atoms with Gasteiger partial charge in [-0.05, 0) is 31.1 Å². The Morgan fingerprint density at radius 1 is 1.53 bits per heavy atom. The third-order valence-corrected chi connectivity index (χ3v) is 3.60. The molecular weight excluding hydrogens is 188 g/mol. The fraction of sp³-hybridized carbons (Fsp3) is 0.917. The molecule has 0 aliphatic heterocycles. The van der Waals surface area contributed by atoms with Crippen LogP contribution in [-0.2, 0) is 4.79 Å². The molecule has 0 saturated heterocycles. The molecule has 3 nitrogen and oxygen atoms in total. The summed E-state index contributed by atoms with van der Waals surface area (Å²) in [6.45, 7) is 6.33. The van der Waals surface area contributed by atoms with Crippen LogP contribution in [0.15, 0.2) is 0 Å². The molecule has 0 aromatic carbocycles. The molecule has 0 aromatic heterocycles. The van der Waals surface area contributed by atoms with Gasteiger partial charge in [-0.3, -0.25) is 4.79 Å². The van der Waals surface area contributed by atoms with Gasteiger partial charge in [0.05, 0.1) is 6.04 Å². The monoisotopic (exact) mass is 212 g/mol. The van der Waals surface area contributed by atoms with Crippen LogP contribution in [0.25, 0.3) is 0 Å². The number of carbonyl (C=O) groups is 1. The molecule has 0 heterocycles. The topological polar surface area (TPSA) is 55.1 Å². The molecule has 1 saturated carbocycles. The zero-order chi connectivity index (χ0) is 11.4. The lowest BCUT2D eigenvalue weighted by molar-refractivity contribution is -0.124. The van der Waals surface area contributed by atoms with E-state index in [0.717, 1.165) is 25.2 Å². The van der Waals surface area contributed by atoms with Gasteiger partial charge in [0.15, 0.2) is 0 Å². The van der Waals surface area contributed by atoms with Crippen LogP contribution in [0, 0.1) is 11.8 Å². The van der Waals surface area contributed by atoms with Crippen molar-refractivity contribution in [2.45, 2.75) is 58.5 Å². The van der Waals surface area contributed by atoms with E-state index in [2.05, 4.69) is 19.2 Å². The molecule has 3 N–H and O–H groups in total. The van der Waals surface area contributed by atoms with E-state index in [9.17, 15) is 4.79 Å². The Hall–Kier alpha value is -0.570. The van der Waals surface area contributed by atoms with Crippen LogP contribution in [0.5, 0.6) is 0 Å². The highest BCUT2D eigenvalue weighted by Crippen LogP contribution is 2.24. The van der Waals surface area contributed by atoms with Crippen molar-refractivity contribution in [2.75, 3.05) is 0 Å². The van der Waals surface area contributed by atoms with Gasteiger partial charge in [0.25, 0.3) is 0 Å². The quantitative estimate of drug-likeness (QED) is 0.744. The minimum Gasteiger partial charge on any atom is -0.352 e. The second-order valence-electron chi connectivity index (χ2n) is 5.04. The molecule has 1 fully saturated rings. The van der Waals surface area contributed by atoms with Crippen LogP contribution in [0.1, 0.15) is 46.5 Å². The summed E-state index contributed by atoms with van der Waals surface area (Å²) in [5.74, 6) is 1.04. The van der Waals surface area contributed by atoms with Crippen LogP contribution >= 0.6 is 0 Å². The van der Waals surface area contributed by atoms with Gasteiger partial charge in [-0.1, -0.05) is 27.2 Å². The molecule has 1 aliphatic rings. The predicted molar refractivity (Wildman–Crippen MR) is 62.4 cm³/mol. The molecule has 2 unspecified atom stereocenters. The second-order valence-corrected chi connectivity index (χ2v) is 5.04. The van der Waals surface area contributed by atoms with E-state index < -0.39 is 0 Å². The van der Waals surface area contributed by atoms with Crippen molar-refractivity contribution in [3.8, 4) is 0 Å². The molecule has 0 aromatic rings. The number of hydrogen-bond acceptors (Lipinski definition) is 2. The minimum absolute atomic E-state index is 0.0310. The van der Waals surface area contributed by atoms with Crippen molar-refractivity contribution >= 4 is 5.91 Å². The summed E-state index contributed by atoms with van der Waals surface area (Å²) in [6, 6.07) is 0.0218. The molecule has 0 bridgehead atoms. The number of amides is 1. The van der Waals surface area contributed by atoms with Crippen LogP contribution in [0.3, 0.4) is 0 Å². The van der Waals surface area contributed by atoms with Gasteiger partial charge in [0, 0.05) is 6.04 Å². The van der Waals surface area contributed by atoms with Crippen LogP contribution in [0.2, 0.25) is 0 Å². The highest BCUT2D eigenvalue weighted by Gasteiger charge is 2.26. The zero-order valence-corrected chi connectivity index (χ0v) is 10.1. The molecule has 1 rings (SSSR count). The SMILES string of the molecule is CC[C@H](C)[C@H](N)C(=O)NC1CCC(C)C1. The van der Waals surface area contributed by atoms with E-state index in [0.29, 0.717) is 6.04 Å². The van der Waals surface area contributed by atoms with Gasteiger partial charge < -0.3 is 11.1 Å². The smallest absolute Gasteiger partial charge is 0.237 e. The van der Waals surface area contributed by atoms with Gasteiger partial charge in [0.2, 0.25) is 5.91 Å². The van der Waals surface area contributed by atoms with Crippen molar-refractivity contribution in [3.63, 3.8) is 0 Å². The maximum absolute atomic E-state index is 11.8. The molecule has 1 aliphatic carbocycles. The molecule has 1 amide bonds. The third-order valence-electron chi connectivity index (χ3n) is 3.60. The Morgan fingerprint density at radius 3 is 2.67 bits per heavy atom. The number of nitrogens with one attached hydrogen (secondary N) is 1. The van der Waals surface area contributed by atoms with Gasteiger partial charge in [-0.25, -0.2) is 0 Å². The lowest BCUT2D eigenvalue weighted by Crippen LogP contribution is -2.47. The third kappa shape index (κ3) is 3.49. The van der Waals surface area contributed by atoms with E-state index in [1.165, 1.54) is 6.42 Å². The number of carbonyl (C=O) groups excluding carboxylic acids is 1. The van der Waals surface area contributed by atoms with Crippen LogP contribution < -0.4 is 11.1 Å². The summed E-state index contributed by atoms with van der Waals surface area (Å²) in [6.07, 6.45) is 4.40. The lowest BCUT2D eigenvalue weighted by Gasteiger charge is -2.20. The molecule has 3 heteroatoms. The van der Waals surface area contributed by atoms with Crippen LogP contribution in [-0.4, -0.2) is 18.0 Å². The Bertz CT molecular complexity index is 218. The normalized spacial score (nSPS) is 29.9. The van der Waals surface area contributed by atoms with Gasteiger partial charge >= 0.3 is 0 Å². The van der Waals surface area contributed by atoms with Crippen molar-refractivity contribution in [3.05, 3.63) is 0 Å². The van der Waals surface area contributed by atoms with Crippen LogP contribution in [0.4, 0.5) is 0 Å². The largest absolute Gasteiger partial charge is 0.352 e.